The zero-order valence-electron chi connectivity index (χ0n) is 12.7. The number of carbonyl (C=O) groups is 1. The smallest absolute Gasteiger partial charge is 0.373 e. The maximum atomic E-state index is 11.4. The number of aliphatic hydroxyl groups excluding tert-OH is 1. The molecule has 0 fully saturated rings. The standard InChI is InChI=1S/C17H20O4/c1-17(2,3)12-8-6-5-7-11(12)15(18)13-9-10-14(21-13)16(19)20-4/h5-10,15,18H,1-4H3. The minimum atomic E-state index is -0.918. The van der Waals surface area contributed by atoms with Crippen molar-refractivity contribution in [1.29, 1.82) is 0 Å². The average molecular weight is 288 g/mol. The Morgan fingerprint density at radius 3 is 2.48 bits per heavy atom. The Bertz CT molecular complexity index is 634. The lowest BCUT2D eigenvalue weighted by Gasteiger charge is -2.24. The van der Waals surface area contributed by atoms with E-state index in [1.165, 1.54) is 13.2 Å². The van der Waals surface area contributed by atoms with Gasteiger partial charge in [0, 0.05) is 0 Å². The van der Waals surface area contributed by atoms with E-state index in [0.29, 0.717) is 5.76 Å². The lowest BCUT2D eigenvalue weighted by molar-refractivity contribution is 0.0558. The molecule has 0 spiro atoms. The quantitative estimate of drug-likeness (QED) is 0.879. The van der Waals surface area contributed by atoms with Crippen LogP contribution in [0.4, 0.5) is 0 Å². The molecule has 0 saturated heterocycles. The molecule has 1 N–H and O–H groups in total. The number of carbonyl (C=O) groups excluding carboxylic acids is 1. The number of furan rings is 1. The predicted octanol–water partition coefficient (Wildman–Crippen LogP) is 3.45. The summed E-state index contributed by atoms with van der Waals surface area (Å²) in [5.41, 5.74) is 1.71. The second-order valence-corrected chi connectivity index (χ2v) is 5.93. The van der Waals surface area contributed by atoms with Crippen LogP contribution in [-0.4, -0.2) is 18.2 Å². The van der Waals surface area contributed by atoms with Gasteiger partial charge in [0.15, 0.2) is 0 Å². The van der Waals surface area contributed by atoms with Crippen LogP contribution in [0.15, 0.2) is 40.8 Å². The van der Waals surface area contributed by atoms with Crippen molar-refractivity contribution in [1.82, 2.24) is 0 Å². The average Bonchev–Trinajstić information content (AvgIpc) is 2.94. The highest BCUT2D eigenvalue weighted by Gasteiger charge is 2.24. The van der Waals surface area contributed by atoms with Crippen LogP contribution >= 0.6 is 0 Å². The fourth-order valence-electron chi connectivity index (χ4n) is 2.28. The van der Waals surface area contributed by atoms with Crippen LogP contribution in [0.2, 0.25) is 0 Å². The maximum absolute atomic E-state index is 11.4. The highest BCUT2D eigenvalue weighted by atomic mass is 16.5. The first-order valence-electron chi connectivity index (χ1n) is 6.80. The summed E-state index contributed by atoms with van der Waals surface area (Å²) in [5, 5.41) is 10.6. The van der Waals surface area contributed by atoms with Gasteiger partial charge >= 0.3 is 5.97 Å². The molecule has 2 rings (SSSR count). The highest BCUT2D eigenvalue weighted by Crippen LogP contribution is 2.33. The lowest BCUT2D eigenvalue weighted by atomic mass is 9.82. The van der Waals surface area contributed by atoms with Gasteiger partial charge in [-0.05, 0) is 28.7 Å². The van der Waals surface area contributed by atoms with Crippen LogP contribution in [0.1, 0.15) is 54.3 Å². The normalized spacial score (nSPS) is 13.0. The fourth-order valence-corrected chi connectivity index (χ4v) is 2.28. The van der Waals surface area contributed by atoms with Gasteiger partial charge in [-0.25, -0.2) is 4.79 Å². The minimum Gasteiger partial charge on any atom is -0.463 e. The van der Waals surface area contributed by atoms with E-state index in [-0.39, 0.29) is 11.2 Å². The first-order chi connectivity index (χ1) is 9.84. The topological polar surface area (TPSA) is 59.7 Å². The summed E-state index contributed by atoms with van der Waals surface area (Å²) >= 11 is 0. The van der Waals surface area contributed by atoms with E-state index in [1.807, 2.05) is 24.3 Å². The number of rotatable bonds is 3. The molecule has 1 aromatic heterocycles. The molecule has 4 heteroatoms. The van der Waals surface area contributed by atoms with Gasteiger partial charge < -0.3 is 14.3 Å². The first-order valence-corrected chi connectivity index (χ1v) is 6.80. The van der Waals surface area contributed by atoms with Gasteiger partial charge in [0.05, 0.1) is 7.11 Å². The van der Waals surface area contributed by atoms with E-state index in [0.717, 1.165) is 11.1 Å². The van der Waals surface area contributed by atoms with Crippen molar-refractivity contribution in [3.63, 3.8) is 0 Å². The highest BCUT2D eigenvalue weighted by molar-refractivity contribution is 5.86. The second kappa shape index (κ2) is 5.74. The van der Waals surface area contributed by atoms with E-state index in [1.54, 1.807) is 6.07 Å². The molecule has 2 aromatic rings. The van der Waals surface area contributed by atoms with Crippen molar-refractivity contribution >= 4 is 5.97 Å². The molecule has 21 heavy (non-hydrogen) atoms. The van der Waals surface area contributed by atoms with Crippen molar-refractivity contribution in [2.75, 3.05) is 7.11 Å². The molecule has 0 bridgehead atoms. The second-order valence-electron chi connectivity index (χ2n) is 5.93. The molecule has 0 amide bonds. The largest absolute Gasteiger partial charge is 0.463 e. The molecular formula is C17H20O4. The monoisotopic (exact) mass is 288 g/mol. The molecule has 0 aliphatic rings. The van der Waals surface area contributed by atoms with Crippen LogP contribution in [0.3, 0.4) is 0 Å². The summed E-state index contributed by atoms with van der Waals surface area (Å²) in [6.07, 6.45) is -0.918. The molecular weight excluding hydrogens is 268 g/mol. The SMILES string of the molecule is COC(=O)c1ccc(C(O)c2ccccc2C(C)(C)C)o1. The van der Waals surface area contributed by atoms with Gasteiger partial charge in [0.2, 0.25) is 5.76 Å². The molecule has 0 saturated carbocycles. The summed E-state index contributed by atoms with van der Waals surface area (Å²) in [6, 6.07) is 10.8. The molecule has 0 aliphatic carbocycles. The van der Waals surface area contributed by atoms with Crippen molar-refractivity contribution in [2.24, 2.45) is 0 Å². The third-order valence-electron chi connectivity index (χ3n) is 3.35. The molecule has 0 aliphatic heterocycles. The molecule has 1 aromatic carbocycles. The maximum Gasteiger partial charge on any atom is 0.373 e. The third-order valence-corrected chi connectivity index (χ3v) is 3.35. The number of hydrogen-bond acceptors (Lipinski definition) is 4. The minimum absolute atomic E-state index is 0.0831. The Morgan fingerprint density at radius 2 is 1.86 bits per heavy atom. The van der Waals surface area contributed by atoms with Gasteiger partial charge in [-0.1, -0.05) is 45.0 Å². The van der Waals surface area contributed by atoms with E-state index in [4.69, 9.17) is 4.42 Å². The van der Waals surface area contributed by atoms with Crippen LogP contribution < -0.4 is 0 Å². The van der Waals surface area contributed by atoms with Crippen LogP contribution in [0.5, 0.6) is 0 Å². The third kappa shape index (κ3) is 3.16. The number of ether oxygens (including phenoxy) is 1. The Kier molecular flexibility index (Phi) is 4.19. The Labute approximate surface area is 124 Å². The summed E-state index contributed by atoms with van der Waals surface area (Å²) in [4.78, 5) is 11.4. The zero-order valence-corrected chi connectivity index (χ0v) is 12.7. The number of benzene rings is 1. The Balaban J connectivity index is 2.39. The lowest BCUT2D eigenvalue weighted by Crippen LogP contribution is -2.16. The summed E-state index contributed by atoms with van der Waals surface area (Å²) in [6.45, 7) is 6.25. The van der Waals surface area contributed by atoms with Crippen molar-refractivity contribution in [2.45, 2.75) is 32.3 Å². The fraction of sp³-hybridized carbons (Fsp3) is 0.353. The van der Waals surface area contributed by atoms with Gasteiger partial charge in [-0.2, -0.15) is 0 Å². The van der Waals surface area contributed by atoms with Crippen molar-refractivity contribution in [3.05, 3.63) is 59.0 Å². The van der Waals surface area contributed by atoms with E-state index in [2.05, 4.69) is 25.5 Å². The Morgan fingerprint density at radius 1 is 1.19 bits per heavy atom. The zero-order chi connectivity index (χ0) is 15.6. The van der Waals surface area contributed by atoms with Gasteiger partial charge in [0.25, 0.3) is 0 Å². The summed E-state index contributed by atoms with van der Waals surface area (Å²) < 4.78 is 9.99. The number of esters is 1. The van der Waals surface area contributed by atoms with Crippen LogP contribution in [-0.2, 0) is 10.2 Å². The molecule has 4 nitrogen and oxygen atoms in total. The summed E-state index contributed by atoms with van der Waals surface area (Å²) in [5.74, 6) is -0.149. The molecule has 112 valence electrons. The number of hydrogen-bond donors (Lipinski definition) is 1. The van der Waals surface area contributed by atoms with Crippen molar-refractivity contribution < 1.29 is 19.1 Å². The van der Waals surface area contributed by atoms with Crippen molar-refractivity contribution in [3.8, 4) is 0 Å². The molecule has 1 atom stereocenters. The van der Waals surface area contributed by atoms with Crippen LogP contribution in [0.25, 0.3) is 0 Å². The van der Waals surface area contributed by atoms with Gasteiger partial charge in [-0.15, -0.1) is 0 Å². The number of aliphatic hydroxyl groups is 1. The van der Waals surface area contributed by atoms with E-state index >= 15 is 0 Å². The molecule has 1 unspecified atom stereocenters. The van der Waals surface area contributed by atoms with Crippen LogP contribution in [0, 0.1) is 0 Å². The van der Waals surface area contributed by atoms with E-state index in [9.17, 15) is 9.90 Å². The number of methoxy groups -OCH3 is 1. The Hall–Kier alpha value is -2.07. The van der Waals surface area contributed by atoms with E-state index < -0.39 is 12.1 Å². The first kappa shape index (κ1) is 15.3. The summed E-state index contributed by atoms with van der Waals surface area (Å²) in [7, 11) is 1.29. The molecule has 1 heterocycles. The van der Waals surface area contributed by atoms with Gasteiger partial charge in [0.1, 0.15) is 11.9 Å². The predicted molar refractivity (Wildman–Crippen MR) is 79.3 cm³/mol. The van der Waals surface area contributed by atoms with Gasteiger partial charge in [-0.3, -0.25) is 0 Å². The molecule has 0 radical (unpaired) electrons.